The molecule has 0 spiro atoms. The normalized spacial score (nSPS) is 10.7. The molecule has 0 N–H and O–H groups in total. The Morgan fingerprint density at radius 1 is 1.08 bits per heavy atom. The standard InChI is InChI=1S/C20H19FO5/c1-13-17-12-16(23-2)8-9-18(17)26-19(13)20(22)25-11-3-10-24-15-6-4-14(21)5-7-15/h4-9,12H,3,10-11H2,1-2H3. The van der Waals surface area contributed by atoms with E-state index in [0.717, 1.165) is 5.39 Å². The molecule has 3 rings (SSSR count). The second-order valence-corrected chi connectivity index (χ2v) is 5.71. The van der Waals surface area contributed by atoms with E-state index < -0.39 is 5.97 Å². The maximum atomic E-state index is 12.8. The minimum absolute atomic E-state index is 0.188. The van der Waals surface area contributed by atoms with Crippen molar-refractivity contribution in [2.24, 2.45) is 0 Å². The minimum Gasteiger partial charge on any atom is -0.497 e. The molecule has 1 heterocycles. The second-order valence-electron chi connectivity index (χ2n) is 5.71. The van der Waals surface area contributed by atoms with Gasteiger partial charge in [0, 0.05) is 17.4 Å². The molecule has 26 heavy (non-hydrogen) atoms. The van der Waals surface area contributed by atoms with Gasteiger partial charge in [0.25, 0.3) is 0 Å². The third-order valence-electron chi connectivity index (χ3n) is 3.93. The molecule has 0 saturated carbocycles. The Kier molecular flexibility index (Phi) is 5.41. The molecule has 0 amide bonds. The predicted molar refractivity (Wildman–Crippen MR) is 94.3 cm³/mol. The van der Waals surface area contributed by atoms with E-state index in [1.165, 1.54) is 12.1 Å². The minimum atomic E-state index is -0.514. The first-order chi connectivity index (χ1) is 12.6. The Morgan fingerprint density at radius 2 is 1.81 bits per heavy atom. The van der Waals surface area contributed by atoms with Crippen LogP contribution in [-0.4, -0.2) is 26.3 Å². The van der Waals surface area contributed by atoms with E-state index >= 15 is 0 Å². The van der Waals surface area contributed by atoms with Gasteiger partial charge in [0.2, 0.25) is 5.76 Å². The van der Waals surface area contributed by atoms with E-state index in [1.807, 2.05) is 6.07 Å². The van der Waals surface area contributed by atoms with Gasteiger partial charge in [-0.15, -0.1) is 0 Å². The molecule has 0 unspecified atom stereocenters. The highest BCUT2D eigenvalue weighted by molar-refractivity contribution is 5.96. The van der Waals surface area contributed by atoms with Crippen LogP contribution in [0.2, 0.25) is 0 Å². The summed E-state index contributed by atoms with van der Waals surface area (Å²) in [5.74, 6) is 0.622. The summed E-state index contributed by atoms with van der Waals surface area (Å²) in [6.07, 6.45) is 0.510. The molecule has 0 fully saturated rings. The maximum Gasteiger partial charge on any atom is 0.374 e. The highest BCUT2D eigenvalue weighted by Crippen LogP contribution is 2.29. The number of methoxy groups -OCH3 is 1. The average molecular weight is 358 g/mol. The van der Waals surface area contributed by atoms with E-state index in [1.54, 1.807) is 38.3 Å². The van der Waals surface area contributed by atoms with Crippen LogP contribution >= 0.6 is 0 Å². The van der Waals surface area contributed by atoms with Crippen molar-refractivity contribution in [1.29, 1.82) is 0 Å². The molecule has 136 valence electrons. The molecule has 0 aliphatic rings. The molecule has 0 saturated heterocycles. The zero-order chi connectivity index (χ0) is 18.5. The van der Waals surface area contributed by atoms with Crippen LogP contribution in [0.5, 0.6) is 11.5 Å². The van der Waals surface area contributed by atoms with Crippen molar-refractivity contribution in [3.05, 3.63) is 59.6 Å². The molecule has 3 aromatic rings. The summed E-state index contributed by atoms with van der Waals surface area (Å²) in [5.41, 5.74) is 1.32. The highest BCUT2D eigenvalue weighted by atomic mass is 19.1. The molecule has 2 aromatic carbocycles. The van der Waals surface area contributed by atoms with Crippen LogP contribution in [0.1, 0.15) is 22.5 Å². The topological polar surface area (TPSA) is 57.9 Å². The Labute approximate surface area is 150 Å². The largest absolute Gasteiger partial charge is 0.497 e. The first-order valence-electron chi connectivity index (χ1n) is 8.21. The summed E-state index contributed by atoms with van der Waals surface area (Å²) >= 11 is 0. The van der Waals surface area contributed by atoms with Gasteiger partial charge in [0.05, 0.1) is 20.3 Å². The van der Waals surface area contributed by atoms with Gasteiger partial charge in [-0.05, 0) is 49.4 Å². The molecule has 0 atom stereocenters. The van der Waals surface area contributed by atoms with E-state index in [2.05, 4.69) is 0 Å². The quantitative estimate of drug-likeness (QED) is 0.459. The second kappa shape index (κ2) is 7.91. The molecular formula is C20H19FO5. The lowest BCUT2D eigenvalue weighted by molar-refractivity contribution is 0.0451. The number of hydrogen-bond donors (Lipinski definition) is 0. The Morgan fingerprint density at radius 3 is 2.54 bits per heavy atom. The fraction of sp³-hybridized carbons (Fsp3) is 0.250. The number of fused-ring (bicyclic) bond motifs is 1. The Hall–Kier alpha value is -3.02. The third-order valence-corrected chi connectivity index (χ3v) is 3.93. The Bertz CT molecular complexity index is 898. The van der Waals surface area contributed by atoms with Crippen molar-refractivity contribution in [1.82, 2.24) is 0 Å². The zero-order valence-corrected chi connectivity index (χ0v) is 14.6. The maximum absolute atomic E-state index is 12.8. The number of furan rings is 1. The summed E-state index contributed by atoms with van der Waals surface area (Å²) < 4.78 is 34.3. The lowest BCUT2D eigenvalue weighted by Crippen LogP contribution is -2.09. The monoisotopic (exact) mass is 358 g/mol. The van der Waals surface area contributed by atoms with E-state index in [0.29, 0.717) is 35.7 Å². The lowest BCUT2D eigenvalue weighted by atomic mass is 10.1. The number of hydrogen-bond acceptors (Lipinski definition) is 5. The molecule has 0 aliphatic heterocycles. The molecule has 0 bridgehead atoms. The number of carbonyl (C=O) groups is 1. The number of halogens is 1. The third kappa shape index (κ3) is 3.96. The van der Waals surface area contributed by atoms with Gasteiger partial charge in [-0.1, -0.05) is 0 Å². The van der Waals surface area contributed by atoms with E-state index in [4.69, 9.17) is 18.6 Å². The van der Waals surface area contributed by atoms with Crippen molar-refractivity contribution in [3.63, 3.8) is 0 Å². The SMILES string of the molecule is COc1ccc2oc(C(=O)OCCCOc3ccc(F)cc3)c(C)c2c1. The van der Waals surface area contributed by atoms with Gasteiger partial charge in [0.1, 0.15) is 22.9 Å². The number of carbonyl (C=O) groups excluding carboxylic acids is 1. The number of esters is 1. The summed E-state index contributed by atoms with van der Waals surface area (Å²) in [6.45, 7) is 2.36. The van der Waals surface area contributed by atoms with Gasteiger partial charge in [-0.2, -0.15) is 0 Å². The van der Waals surface area contributed by atoms with Crippen LogP contribution in [0.15, 0.2) is 46.9 Å². The molecule has 1 aromatic heterocycles. The van der Waals surface area contributed by atoms with Crippen molar-refractivity contribution >= 4 is 16.9 Å². The molecule has 5 nitrogen and oxygen atoms in total. The van der Waals surface area contributed by atoms with Gasteiger partial charge in [-0.3, -0.25) is 0 Å². The highest BCUT2D eigenvalue weighted by Gasteiger charge is 2.19. The van der Waals surface area contributed by atoms with E-state index in [-0.39, 0.29) is 18.2 Å². The molecule has 6 heteroatoms. The van der Waals surface area contributed by atoms with Crippen LogP contribution in [-0.2, 0) is 4.74 Å². The average Bonchev–Trinajstić information content (AvgIpc) is 2.99. The van der Waals surface area contributed by atoms with Gasteiger partial charge < -0.3 is 18.6 Å². The number of benzene rings is 2. The first-order valence-corrected chi connectivity index (χ1v) is 8.21. The van der Waals surface area contributed by atoms with Crippen molar-refractivity contribution in [3.8, 4) is 11.5 Å². The van der Waals surface area contributed by atoms with Crippen LogP contribution in [0.25, 0.3) is 11.0 Å². The number of aryl methyl sites for hydroxylation is 1. The van der Waals surface area contributed by atoms with Crippen LogP contribution in [0.4, 0.5) is 4.39 Å². The Balaban J connectivity index is 1.52. The summed E-state index contributed by atoms with van der Waals surface area (Å²) in [5, 5.41) is 0.816. The fourth-order valence-corrected chi connectivity index (χ4v) is 2.53. The predicted octanol–water partition coefficient (Wildman–Crippen LogP) is 4.51. The molecule has 0 aliphatic carbocycles. The van der Waals surface area contributed by atoms with Gasteiger partial charge >= 0.3 is 5.97 Å². The number of ether oxygens (including phenoxy) is 3. The molecule has 0 radical (unpaired) electrons. The van der Waals surface area contributed by atoms with Gasteiger partial charge in [-0.25, -0.2) is 9.18 Å². The number of rotatable bonds is 7. The van der Waals surface area contributed by atoms with Crippen LogP contribution in [0.3, 0.4) is 0 Å². The molecular weight excluding hydrogens is 339 g/mol. The lowest BCUT2D eigenvalue weighted by Gasteiger charge is -2.06. The zero-order valence-electron chi connectivity index (χ0n) is 14.6. The van der Waals surface area contributed by atoms with Crippen molar-refractivity contribution < 1.29 is 27.8 Å². The summed E-state index contributed by atoms with van der Waals surface area (Å²) in [7, 11) is 1.58. The summed E-state index contributed by atoms with van der Waals surface area (Å²) in [4.78, 5) is 12.2. The van der Waals surface area contributed by atoms with Crippen LogP contribution < -0.4 is 9.47 Å². The fourth-order valence-electron chi connectivity index (χ4n) is 2.53. The first kappa shape index (κ1) is 17.8. The van der Waals surface area contributed by atoms with E-state index in [9.17, 15) is 9.18 Å². The summed E-state index contributed by atoms with van der Waals surface area (Å²) in [6, 6.07) is 11.1. The van der Waals surface area contributed by atoms with Gasteiger partial charge in [0.15, 0.2) is 0 Å². The van der Waals surface area contributed by atoms with Crippen molar-refractivity contribution in [2.75, 3.05) is 20.3 Å². The van der Waals surface area contributed by atoms with Crippen LogP contribution in [0, 0.1) is 12.7 Å². The van der Waals surface area contributed by atoms with Crippen molar-refractivity contribution in [2.45, 2.75) is 13.3 Å². The smallest absolute Gasteiger partial charge is 0.374 e.